The summed E-state index contributed by atoms with van der Waals surface area (Å²) in [6, 6.07) is 13.6. The van der Waals surface area contributed by atoms with Crippen molar-refractivity contribution in [2.45, 2.75) is 47.4 Å². The van der Waals surface area contributed by atoms with Gasteiger partial charge in [-0.2, -0.15) is 10.2 Å². The zero-order valence-corrected chi connectivity index (χ0v) is 19.5. The molecule has 1 N–H and O–H groups in total. The summed E-state index contributed by atoms with van der Waals surface area (Å²) < 4.78 is 9.76. The molecule has 0 atom stereocenters. The van der Waals surface area contributed by atoms with E-state index >= 15 is 0 Å². The highest BCUT2D eigenvalue weighted by molar-refractivity contribution is 6.04. The number of rotatable bonds is 8. The number of ether oxygens (including phenoxy) is 1. The van der Waals surface area contributed by atoms with Crippen LogP contribution in [-0.2, 0) is 19.7 Å². The molecule has 0 aliphatic rings. The van der Waals surface area contributed by atoms with Crippen molar-refractivity contribution in [3.05, 3.63) is 94.6 Å². The number of hydrogen-bond acceptors (Lipinski definition) is 4. The highest BCUT2D eigenvalue weighted by atomic mass is 16.5. The Balaban J connectivity index is 1.34. The minimum atomic E-state index is -0.174. The van der Waals surface area contributed by atoms with Gasteiger partial charge in [0.15, 0.2) is 0 Å². The Hall–Kier alpha value is -3.87. The van der Waals surface area contributed by atoms with Crippen LogP contribution >= 0.6 is 0 Å². The lowest BCUT2D eigenvalue weighted by atomic mass is 10.1. The minimum absolute atomic E-state index is 0.174. The average molecular weight is 444 g/mol. The molecule has 0 spiro atoms. The van der Waals surface area contributed by atoms with Gasteiger partial charge in [-0.3, -0.25) is 14.2 Å². The van der Waals surface area contributed by atoms with Crippen molar-refractivity contribution >= 4 is 11.6 Å². The molecule has 7 nitrogen and oxygen atoms in total. The molecule has 2 heterocycles. The van der Waals surface area contributed by atoms with E-state index < -0.39 is 0 Å². The summed E-state index contributed by atoms with van der Waals surface area (Å²) in [6.07, 6.45) is 5.35. The van der Waals surface area contributed by atoms with Crippen molar-refractivity contribution < 1.29 is 9.53 Å². The zero-order valence-electron chi connectivity index (χ0n) is 19.5. The van der Waals surface area contributed by atoms with Gasteiger partial charge in [-0.25, -0.2) is 0 Å². The number of carbonyl (C=O) groups is 1. The number of hydrogen-bond donors (Lipinski definition) is 1. The first kappa shape index (κ1) is 22.3. The number of nitrogens with one attached hydrogen (secondary N) is 1. The van der Waals surface area contributed by atoms with Crippen LogP contribution in [-0.4, -0.2) is 25.5 Å². The van der Waals surface area contributed by atoms with Crippen molar-refractivity contribution in [3.8, 4) is 5.75 Å². The summed E-state index contributed by atoms with van der Waals surface area (Å²) in [6.45, 7) is 10.1. The quantitative estimate of drug-likeness (QED) is 0.420. The number of carbonyl (C=O) groups excluding carboxylic acids is 1. The fraction of sp³-hybridized carbons (Fsp3) is 0.269. The average Bonchev–Trinajstić information content (AvgIpc) is 3.40. The third-order valence-corrected chi connectivity index (χ3v) is 5.74. The van der Waals surface area contributed by atoms with Gasteiger partial charge in [0.05, 0.1) is 24.6 Å². The molecule has 0 unspecified atom stereocenters. The molecule has 0 saturated heterocycles. The van der Waals surface area contributed by atoms with E-state index in [9.17, 15) is 4.79 Å². The Morgan fingerprint density at radius 3 is 2.39 bits per heavy atom. The number of aromatic nitrogens is 4. The van der Waals surface area contributed by atoms with Gasteiger partial charge < -0.3 is 10.1 Å². The third-order valence-electron chi connectivity index (χ3n) is 5.74. The van der Waals surface area contributed by atoms with E-state index in [4.69, 9.17) is 4.74 Å². The Morgan fingerprint density at radius 2 is 1.73 bits per heavy atom. The molecule has 7 heteroatoms. The van der Waals surface area contributed by atoms with Crippen LogP contribution < -0.4 is 10.1 Å². The fourth-order valence-corrected chi connectivity index (χ4v) is 3.79. The molecule has 2 aromatic carbocycles. The zero-order chi connectivity index (χ0) is 23.4. The molecule has 0 aliphatic carbocycles. The van der Waals surface area contributed by atoms with Crippen LogP contribution in [0, 0.1) is 20.8 Å². The molecule has 0 fully saturated rings. The summed E-state index contributed by atoms with van der Waals surface area (Å²) in [5.74, 6) is 0.736. The van der Waals surface area contributed by atoms with Gasteiger partial charge in [0.1, 0.15) is 12.4 Å². The second kappa shape index (κ2) is 9.73. The van der Waals surface area contributed by atoms with E-state index in [-0.39, 0.29) is 5.91 Å². The maximum atomic E-state index is 12.7. The highest BCUT2D eigenvalue weighted by Gasteiger charge is 2.11. The highest BCUT2D eigenvalue weighted by Crippen LogP contribution is 2.23. The van der Waals surface area contributed by atoms with Gasteiger partial charge in [-0.15, -0.1) is 0 Å². The number of benzene rings is 2. The lowest BCUT2D eigenvalue weighted by Gasteiger charge is -2.12. The van der Waals surface area contributed by atoms with E-state index in [2.05, 4.69) is 29.4 Å². The summed E-state index contributed by atoms with van der Waals surface area (Å²) in [5, 5.41) is 11.6. The molecule has 0 saturated carbocycles. The number of nitrogens with zero attached hydrogens (tertiary/aromatic N) is 4. The van der Waals surface area contributed by atoms with Crippen molar-refractivity contribution in [2.24, 2.45) is 0 Å². The van der Waals surface area contributed by atoms with Crippen LogP contribution in [0.25, 0.3) is 0 Å². The molecule has 170 valence electrons. The number of amides is 1. The molecule has 2 aromatic heterocycles. The summed E-state index contributed by atoms with van der Waals surface area (Å²) in [7, 11) is 0. The van der Waals surface area contributed by atoms with Crippen molar-refractivity contribution in [1.29, 1.82) is 0 Å². The predicted molar refractivity (Wildman–Crippen MR) is 129 cm³/mol. The van der Waals surface area contributed by atoms with Gasteiger partial charge in [0.25, 0.3) is 5.91 Å². The largest absolute Gasteiger partial charge is 0.488 e. The van der Waals surface area contributed by atoms with E-state index in [0.29, 0.717) is 24.4 Å². The number of anilines is 1. The van der Waals surface area contributed by atoms with Crippen LogP contribution in [0.4, 0.5) is 5.69 Å². The van der Waals surface area contributed by atoms with Gasteiger partial charge in [0.2, 0.25) is 0 Å². The number of aryl methyl sites for hydroxylation is 3. The van der Waals surface area contributed by atoms with E-state index in [1.807, 2.05) is 73.4 Å². The molecular formula is C26H29N5O2. The SMILES string of the molecule is CCn1ncc(Cn2cc(NC(=O)c3ccc(COc4c(C)cccc4C)cc3)cn2)c1C. The standard InChI is InChI=1S/C26H29N5O2/c1-5-31-20(4)23(13-28-31)15-30-16-24(14-27-30)29-26(32)22-11-9-21(10-12-22)17-33-25-18(2)7-6-8-19(25)3/h6-14,16H,5,15,17H2,1-4H3,(H,29,32). The summed E-state index contributed by atoms with van der Waals surface area (Å²) in [4.78, 5) is 12.7. The second-order valence-corrected chi connectivity index (χ2v) is 8.16. The molecule has 1 amide bonds. The van der Waals surface area contributed by atoms with E-state index in [1.165, 1.54) is 0 Å². The normalized spacial score (nSPS) is 10.9. The third kappa shape index (κ3) is 5.14. The van der Waals surface area contributed by atoms with Crippen LogP contribution in [0.1, 0.15) is 45.2 Å². The molecule has 4 aromatic rings. The van der Waals surface area contributed by atoms with E-state index in [0.717, 1.165) is 40.2 Å². The number of para-hydroxylation sites is 1. The fourth-order valence-electron chi connectivity index (χ4n) is 3.79. The Bertz CT molecular complexity index is 1230. The van der Waals surface area contributed by atoms with Gasteiger partial charge in [-0.05, 0) is 56.5 Å². The molecule has 0 bridgehead atoms. The second-order valence-electron chi connectivity index (χ2n) is 8.16. The predicted octanol–water partition coefficient (Wildman–Crippen LogP) is 4.90. The monoisotopic (exact) mass is 443 g/mol. The Labute approximate surface area is 194 Å². The van der Waals surface area contributed by atoms with Crippen LogP contribution in [0.15, 0.2) is 61.1 Å². The Kier molecular flexibility index (Phi) is 6.58. The molecular weight excluding hydrogens is 414 g/mol. The first-order chi connectivity index (χ1) is 15.9. The lowest BCUT2D eigenvalue weighted by molar-refractivity contribution is 0.102. The maximum Gasteiger partial charge on any atom is 0.255 e. The molecule has 0 aliphatic heterocycles. The topological polar surface area (TPSA) is 74.0 Å². The smallest absolute Gasteiger partial charge is 0.255 e. The van der Waals surface area contributed by atoms with Crippen LogP contribution in [0.2, 0.25) is 0 Å². The van der Waals surface area contributed by atoms with Crippen molar-refractivity contribution in [1.82, 2.24) is 19.6 Å². The van der Waals surface area contributed by atoms with Crippen molar-refractivity contribution in [2.75, 3.05) is 5.32 Å². The minimum Gasteiger partial charge on any atom is -0.488 e. The maximum absolute atomic E-state index is 12.7. The Morgan fingerprint density at radius 1 is 1.00 bits per heavy atom. The van der Waals surface area contributed by atoms with E-state index in [1.54, 1.807) is 10.9 Å². The van der Waals surface area contributed by atoms with Crippen LogP contribution in [0.3, 0.4) is 0 Å². The van der Waals surface area contributed by atoms with Gasteiger partial charge in [0, 0.05) is 29.6 Å². The molecule has 4 rings (SSSR count). The summed E-state index contributed by atoms with van der Waals surface area (Å²) >= 11 is 0. The first-order valence-corrected chi connectivity index (χ1v) is 11.1. The molecule has 0 radical (unpaired) electrons. The first-order valence-electron chi connectivity index (χ1n) is 11.1. The summed E-state index contributed by atoms with van der Waals surface area (Å²) in [5.41, 5.74) is 6.70. The van der Waals surface area contributed by atoms with Gasteiger partial charge >= 0.3 is 0 Å². The van der Waals surface area contributed by atoms with Crippen LogP contribution in [0.5, 0.6) is 5.75 Å². The lowest BCUT2D eigenvalue weighted by Crippen LogP contribution is -2.11. The van der Waals surface area contributed by atoms with Gasteiger partial charge in [-0.1, -0.05) is 30.3 Å². The molecule has 33 heavy (non-hydrogen) atoms. The van der Waals surface area contributed by atoms with Crippen molar-refractivity contribution in [3.63, 3.8) is 0 Å².